The zero-order chi connectivity index (χ0) is 30.2. The summed E-state index contributed by atoms with van der Waals surface area (Å²) in [5.74, 6) is 3.18. The molecule has 1 aliphatic carbocycles. The Morgan fingerprint density at radius 3 is 1.83 bits per heavy atom. The number of rotatable bonds is 3. The fourth-order valence-electron chi connectivity index (χ4n) is 7.89. The van der Waals surface area contributed by atoms with Gasteiger partial charge in [0.1, 0.15) is 22.9 Å². The highest BCUT2D eigenvalue weighted by atomic mass is 16.5. The second-order valence-electron chi connectivity index (χ2n) is 12.3. The highest BCUT2D eigenvalue weighted by Gasteiger charge is 2.36. The van der Waals surface area contributed by atoms with Crippen molar-refractivity contribution in [2.75, 3.05) is 0 Å². The number of fused-ring (bicyclic) bond motifs is 8. The molecule has 216 valence electrons. The van der Waals surface area contributed by atoms with E-state index in [1.165, 1.54) is 60.5 Å². The van der Waals surface area contributed by atoms with Gasteiger partial charge in [0.05, 0.1) is 5.92 Å². The normalized spacial score (nSPS) is 15.0. The molecule has 46 heavy (non-hydrogen) atoms. The van der Waals surface area contributed by atoms with Crippen LogP contribution in [0.5, 0.6) is 5.75 Å². The van der Waals surface area contributed by atoms with E-state index in [0.29, 0.717) is 0 Å². The van der Waals surface area contributed by atoms with E-state index in [1.54, 1.807) is 0 Å². The Morgan fingerprint density at radius 1 is 0.500 bits per heavy atom. The Bertz CT molecular complexity index is 2480. The number of benzene rings is 7. The SMILES string of the molecule is C1=C2Oc3ccccc3[C@@H]2Cc2oc3cccc(-c4c5ccccc5c(-c5ccccc5-c5ccccc5)c5ccccc45)c3c21. The Kier molecular flexibility index (Phi) is 5.44. The molecule has 0 saturated carbocycles. The van der Waals surface area contributed by atoms with Gasteiger partial charge in [0, 0.05) is 22.9 Å². The molecule has 10 rings (SSSR count). The van der Waals surface area contributed by atoms with Crippen LogP contribution in [0.4, 0.5) is 0 Å². The third-order valence-electron chi connectivity index (χ3n) is 9.85. The number of allylic oxidation sites excluding steroid dienone is 1. The lowest BCUT2D eigenvalue weighted by molar-refractivity contribution is 0.418. The van der Waals surface area contributed by atoms with Gasteiger partial charge in [-0.05, 0) is 73.1 Å². The molecule has 2 nitrogen and oxygen atoms in total. The maximum atomic E-state index is 6.66. The van der Waals surface area contributed by atoms with Crippen LogP contribution in [0.25, 0.3) is 72.0 Å². The Balaban J connectivity index is 1.27. The zero-order valence-corrected chi connectivity index (χ0v) is 25.0. The Morgan fingerprint density at radius 2 is 1.09 bits per heavy atom. The van der Waals surface area contributed by atoms with Crippen molar-refractivity contribution < 1.29 is 9.15 Å². The van der Waals surface area contributed by atoms with Crippen molar-refractivity contribution in [1.29, 1.82) is 0 Å². The summed E-state index contributed by atoms with van der Waals surface area (Å²) in [7, 11) is 0. The highest BCUT2D eigenvalue weighted by Crippen LogP contribution is 2.51. The third kappa shape index (κ3) is 3.64. The Hall–Kier alpha value is -5.86. The molecule has 0 N–H and O–H groups in total. The largest absolute Gasteiger partial charge is 0.461 e. The molecule has 2 heterocycles. The first kappa shape index (κ1) is 25.5. The number of ether oxygens (including phenoxy) is 1. The van der Waals surface area contributed by atoms with E-state index in [0.717, 1.165) is 40.2 Å². The van der Waals surface area contributed by atoms with Crippen molar-refractivity contribution in [3.8, 4) is 39.1 Å². The first-order valence-electron chi connectivity index (χ1n) is 15.9. The maximum absolute atomic E-state index is 6.66. The van der Waals surface area contributed by atoms with Crippen molar-refractivity contribution in [3.05, 3.63) is 168 Å². The first-order valence-corrected chi connectivity index (χ1v) is 15.9. The second kappa shape index (κ2) is 9.82. The molecule has 0 spiro atoms. The van der Waals surface area contributed by atoms with Crippen LogP contribution in [-0.4, -0.2) is 0 Å². The number of hydrogen-bond donors (Lipinski definition) is 0. The monoisotopic (exact) mass is 588 g/mol. The van der Waals surface area contributed by atoms with Gasteiger partial charge < -0.3 is 9.15 Å². The molecule has 1 aromatic heterocycles. The summed E-state index contributed by atoms with van der Waals surface area (Å²) in [4.78, 5) is 0. The van der Waals surface area contributed by atoms with Crippen molar-refractivity contribution in [1.82, 2.24) is 0 Å². The van der Waals surface area contributed by atoms with E-state index in [9.17, 15) is 0 Å². The Labute approximate surface area is 266 Å². The van der Waals surface area contributed by atoms with Crippen LogP contribution in [-0.2, 0) is 6.42 Å². The summed E-state index contributed by atoms with van der Waals surface area (Å²) in [6.45, 7) is 0. The standard InChI is InChI=1S/C44H28O2/c1-2-13-27(14-3-1)28-15-4-5-17-30(28)42-31-18-6-8-20-33(31)43(34-21-9-7-19-32(34)42)35-22-12-24-39-44(35)37-26-40-36(25-41(37)46-39)29-16-10-11-23-38(29)45-40/h1-24,26,36H,25H2/t36-/m0/s1. The fourth-order valence-corrected chi connectivity index (χ4v) is 7.89. The molecular weight excluding hydrogens is 560 g/mol. The predicted molar refractivity (Wildman–Crippen MR) is 189 cm³/mol. The smallest absolute Gasteiger partial charge is 0.135 e. The molecule has 0 saturated heterocycles. The van der Waals surface area contributed by atoms with E-state index in [-0.39, 0.29) is 5.92 Å². The average molecular weight is 589 g/mol. The fraction of sp³-hybridized carbons (Fsp3) is 0.0455. The number of para-hydroxylation sites is 1. The summed E-state index contributed by atoms with van der Waals surface area (Å²) < 4.78 is 13.1. The second-order valence-corrected chi connectivity index (χ2v) is 12.3. The van der Waals surface area contributed by atoms with Gasteiger partial charge in [-0.2, -0.15) is 0 Å². The summed E-state index contributed by atoms with van der Waals surface area (Å²) in [5.41, 5.74) is 10.7. The summed E-state index contributed by atoms with van der Waals surface area (Å²) in [6.07, 6.45) is 3.02. The summed E-state index contributed by atoms with van der Waals surface area (Å²) in [6, 6.07) is 52.2. The van der Waals surface area contributed by atoms with Crippen LogP contribution >= 0.6 is 0 Å². The predicted octanol–water partition coefficient (Wildman–Crippen LogP) is 11.8. The van der Waals surface area contributed by atoms with E-state index < -0.39 is 0 Å². The maximum Gasteiger partial charge on any atom is 0.135 e. The van der Waals surface area contributed by atoms with Crippen molar-refractivity contribution >= 4 is 38.6 Å². The summed E-state index contributed by atoms with van der Waals surface area (Å²) in [5, 5.41) is 6.08. The van der Waals surface area contributed by atoms with Gasteiger partial charge in [0.15, 0.2) is 0 Å². The van der Waals surface area contributed by atoms with Crippen LogP contribution < -0.4 is 4.74 Å². The van der Waals surface area contributed by atoms with Gasteiger partial charge in [0.2, 0.25) is 0 Å². The minimum absolute atomic E-state index is 0.193. The average Bonchev–Trinajstić information content (AvgIpc) is 3.67. The van der Waals surface area contributed by atoms with Gasteiger partial charge in [0.25, 0.3) is 0 Å². The molecule has 7 aromatic carbocycles. The third-order valence-corrected chi connectivity index (χ3v) is 9.85. The van der Waals surface area contributed by atoms with E-state index >= 15 is 0 Å². The molecule has 2 heteroatoms. The van der Waals surface area contributed by atoms with E-state index in [2.05, 4.69) is 146 Å². The topological polar surface area (TPSA) is 22.4 Å². The lowest BCUT2D eigenvalue weighted by Crippen LogP contribution is -2.07. The lowest BCUT2D eigenvalue weighted by Gasteiger charge is -2.20. The summed E-state index contributed by atoms with van der Waals surface area (Å²) >= 11 is 0. The van der Waals surface area contributed by atoms with Crippen molar-refractivity contribution in [2.24, 2.45) is 0 Å². The molecule has 0 bridgehead atoms. The van der Waals surface area contributed by atoms with Crippen LogP contribution in [0.3, 0.4) is 0 Å². The van der Waals surface area contributed by atoms with Crippen LogP contribution in [0.15, 0.2) is 156 Å². The molecular formula is C44H28O2. The molecule has 1 aliphatic heterocycles. The van der Waals surface area contributed by atoms with Gasteiger partial charge >= 0.3 is 0 Å². The highest BCUT2D eigenvalue weighted by molar-refractivity contribution is 6.24. The van der Waals surface area contributed by atoms with Gasteiger partial charge in [-0.1, -0.05) is 133 Å². The molecule has 0 radical (unpaired) electrons. The minimum Gasteiger partial charge on any atom is -0.461 e. The molecule has 1 atom stereocenters. The first-order chi connectivity index (χ1) is 22.8. The van der Waals surface area contributed by atoms with E-state index in [1.807, 2.05) is 6.07 Å². The van der Waals surface area contributed by atoms with E-state index in [4.69, 9.17) is 9.15 Å². The quantitative estimate of drug-likeness (QED) is 0.192. The van der Waals surface area contributed by atoms with Gasteiger partial charge in [-0.3, -0.25) is 0 Å². The molecule has 0 amide bonds. The van der Waals surface area contributed by atoms with Gasteiger partial charge in [-0.25, -0.2) is 0 Å². The number of hydrogen-bond acceptors (Lipinski definition) is 2. The van der Waals surface area contributed by atoms with Crippen LogP contribution in [0, 0.1) is 0 Å². The van der Waals surface area contributed by atoms with Gasteiger partial charge in [-0.15, -0.1) is 0 Å². The lowest BCUT2D eigenvalue weighted by atomic mass is 9.82. The molecule has 8 aromatic rings. The van der Waals surface area contributed by atoms with Crippen molar-refractivity contribution in [3.63, 3.8) is 0 Å². The zero-order valence-electron chi connectivity index (χ0n) is 25.0. The number of furan rings is 1. The van der Waals surface area contributed by atoms with Crippen LogP contribution in [0.2, 0.25) is 0 Å². The van der Waals surface area contributed by atoms with Crippen LogP contribution in [0.1, 0.15) is 22.8 Å². The molecule has 0 unspecified atom stereocenters. The minimum atomic E-state index is 0.193. The molecule has 0 fully saturated rings. The molecule has 2 aliphatic rings. The van der Waals surface area contributed by atoms with Crippen molar-refractivity contribution in [2.45, 2.75) is 12.3 Å².